The van der Waals surface area contributed by atoms with Crippen LogP contribution in [0, 0.1) is 0 Å². The van der Waals surface area contributed by atoms with Crippen molar-refractivity contribution in [2.24, 2.45) is 5.14 Å². The number of methoxy groups -OCH3 is 1. The van der Waals surface area contributed by atoms with Crippen LogP contribution in [0.3, 0.4) is 0 Å². The molecule has 0 fully saturated rings. The van der Waals surface area contributed by atoms with Gasteiger partial charge in [-0.15, -0.1) is 0 Å². The number of primary sulfonamides is 1. The van der Waals surface area contributed by atoms with E-state index in [2.05, 4.69) is 9.72 Å². The first-order chi connectivity index (χ1) is 8.43. The predicted octanol–water partition coefficient (Wildman–Crippen LogP) is 0.669. The summed E-state index contributed by atoms with van der Waals surface area (Å²) in [6.45, 7) is 0. The van der Waals surface area contributed by atoms with Gasteiger partial charge < -0.3 is 4.74 Å². The first-order valence-corrected chi connectivity index (χ1v) is 6.48. The van der Waals surface area contributed by atoms with Gasteiger partial charge in [0.15, 0.2) is 0 Å². The maximum atomic E-state index is 11.5. The Kier molecular flexibility index (Phi) is 3.02. The molecule has 0 saturated heterocycles. The maximum absolute atomic E-state index is 11.5. The Morgan fingerprint density at radius 1 is 1.39 bits per heavy atom. The van der Waals surface area contributed by atoms with Gasteiger partial charge in [-0.2, -0.15) is 0 Å². The van der Waals surface area contributed by atoms with Gasteiger partial charge in [0.05, 0.1) is 18.2 Å². The zero-order valence-electron chi connectivity index (χ0n) is 9.45. The first kappa shape index (κ1) is 12.5. The number of rotatable bonds is 2. The van der Waals surface area contributed by atoms with Crippen molar-refractivity contribution in [2.75, 3.05) is 7.11 Å². The quantitative estimate of drug-likeness (QED) is 0.805. The summed E-state index contributed by atoms with van der Waals surface area (Å²) in [4.78, 5) is 15.2. The highest BCUT2D eigenvalue weighted by Crippen LogP contribution is 2.22. The van der Waals surface area contributed by atoms with Crippen LogP contribution in [0.15, 0.2) is 35.4 Å². The lowest BCUT2D eigenvalue weighted by Gasteiger charge is -2.06. The summed E-state index contributed by atoms with van der Waals surface area (Å²) >= 11 is 0. The van der Waals surface area contributed by atoms with E-state index in [-0.39, 0.29) is 16.0 Å². The smallest absolute Gasteiger partial charge is 0.337 e. The largest absolute Gasteiger partial charge is 0.465 e. The summed E-state index contributed by atoms with van der Waals surface area (Å²) in [7, 11) is -2.75. The van der Waals surface area contributed by atoms with E-state index in [0.29, 0.717) is 5.39 Å². The Morgan fingerprint density at radius 2 is 2.11 bits per heavy atom. The Balaban J connectivity index is 2.85. The summed E-state index contributed by atoms with van der Waals surface area (Å²) in [5, 5.41) is 5.62. The molecule has 0 unspecified atom stereocenters. The number of benzene rings is 1. The fourth-order valence-electron chi connectivity index (χ4n) is 1.61. The topological polar surface area (TPSA) is 99.4 Å². The number of carbonyl (C=O) groups excluding carboxylic acids is 1. The van der Waals surface area contributed by atoms with Gasteiger partial charge in [-0.3, -0.25) is 4.98 Å². The SMILES string of the molecule is COC(=O)c1cc(S(N)(=O)=O)c2ncccc2c1. The Bertz CT molecular complexity index is 725. The molecule has 94 valence electrons. The number of hydrogen-bond acceptors (Lipinski definition) is 5. The van der Waals surface area contributed by atoms with Crippen molar-refractivity contribution in [1.82, 2.24) is 4.98 Å². The van der Waals surface area contributed by atoms with Gasteiger partial charge in [-0.05, 0) is 18.2 Å². The predicted molar refractivity (Wildman–Crippen MR) is 64.5 cm³/mol. The Morgan fingerprint density at radius 3 is 2.72 bits per heavy atom. The number of esters is 1. The van der Waals surface area contributed by atoms with Crippen molar-refractivity contribution in [2.45, 2.75) is 4.90 Å². The minimum absolute atomic E-state index is 0.113. The number of carbonyl (C=O) groups is 1. The summed E-state index contributed by atoms with van der Waals surface area (Å²) in [5.41, 5.74) is 0.342. The number of aromatic nitrogens is 1. The van der Waals surface area contributed by atoms with Crippen molar-refractivity contribution >= 4 is 26.9 Å². The van der Waals surface area contributed by atoms with Gasteiger partial charge in [0.1, 0.15) is 4.90 Å². The average molecular weight is 266 g/mol. The molecule has 0 saturated carbocycles. The number of nitrogens with two attached hydrogens (primary N) is 1. The summed E-state index contributed by atoms with van der Waals surface area (Å²) in [6, 6.07) is 5.94. The van der Waals surface area contributed by atoms with E-state index in [1.165, 1.54) is 19.4 Å². The molecule has 1 heterocycles. The molecular formula is C11H10N2O4S. The molecule has 1 aromatic heterocycles. The summed E-state index contributed by atoms with van der Waals surface area (Å²) in [6.07, 6.45) is 1.45. The van der Waals surface area contributed by atoms with E-state index >= 15 is 0 Å². The number of ether oxygens (including phenoxy) is 1. The second-order valence-corrected chi connectivity index (χ2v) is 5.12. The van der Waals surface area contributed by atoms with Crippen LogP contribution in [0.1, 0.15) is 10.4 Å². The average Bonchev–Trinajstić information content (AvgIpc) is 2.35. The van der Waals surface area contributed by atoms with E-state index in [1.807, 2.05) is 0 Å². The number of pyridine rings is 1. The molecule has 2 aromatic rings. The molecule has 0 atom stereocenters. The minimum atomic E-state index is -3.96. The monoisotopic (exact) mass is 266 g/mol. The van der Waals surface area contributed by atoms with Crippen molar-refractivity contribution < 1.29 is 17.9 Å². The van der Waals surface area contributed by atoms with E-state index < -0.39 is 16.0 Å². The standard InChI is InChI=1S/C11H10N2O4S/c1-17-11(14)8-5-7-3-2-4-13-10(7)9(6-8)18(12,15)16/h2-6H,1H3,(H2,12,15,16). The van der Waals surface area contributed by atoms with Crippen molar-refractivity contribution in [3.63, 3.8) is 0 Å². The van der Waals surface area contributed by atoms with Crippen molar-refractivity contribution in [3.8, 4) is 0 Å². The fourth-order valence-corrected chi connectivity index (χ4v) is 2.34. The van der Waals surface area contributed by atoms with Crippen LogP contribution in [-0.2, 0) is 14.8 Å². The van der Waals surface area contributed by atoms with Crippen molar-refractivity contribution in [3.05, 3.63) is 36.0 Å². The molecule has 1 aromatic carbocycles. The molecule has 0 aliphatic rings. The first-order valence-electron chi connectivity index (χ1n) is 4.93. The molecule has 2 N–H and O–H groups in total. The number of nitrogens with zero attached hydrogens (tertiary/aromatic N) is 1. The Labute approximate surface area is 103 Å². The number of sulfonamides is 1. The van der Waals surface area contributed by atoms with Crippen LogP contribution in [0.4, 0.5) is 0 Å². The lowest BCUT2D eigenvalue weighted by molar-refractivity contribution is 0.0600. The highest BCUT2D eigenvalue weighted by molar-refractivity contribution is 7.89. The fraction of sp³-hybridized carbons (Fsp3) is 0.0909. The third kappa shape index (κ3) is 2.18. The lowest BCUT2D eigenvalue weighted by Crippen LogP contribution is -2.14. The molecule has 0 aliphatic heterocycles. The second-order valence-electron chi connectivity index (χ2n) is 3.59. The molecule has 7 heteroatoms. The van der Waals surface area contributed by atoms with Crippen LogP contribution in [-0.4, -0.2) is 26.5 Å². The molecule has 0 aliphatic carbocycles. The molecule has 0 amide bonds. The number of hydrogen-bond donors (Lipinski definition) is 1. The number of fused-ring (bicyclic) bond motifs is 1. The van der Waals surface area contributed by atoms with Gasteiger partial charge in [0.2, 0.25) is 10.0 Å². The van der Waals surface area contributed by atoms with Crippen LogP contribution < -0.4 is 5.14 Å². The highest BCUT2D eigenvalue weighted by Gasteiger charge is 2.18. The van der Waals surface area contributed by atoms with Gasteiger partial charge in [-0.25, -0.2) is 18.4 Å². The lowest BCUT2D eigenvalue weighted by atomic mass is 10.1. The molecule has 2 rings (SSSR count). The zero-order valence-corrected chi connectivity index (χ0v) is 10.3. The molecule has 6 nitrogen and oxygen atoms in total. The molecular weight excluding hydrogens is 256 g/mol. The van der Waals surface area contributed by atoms with E-state index in [0.717, 1.165) is 6.07 Å². The van der Waals surface area contributed by atoms with Crippen LogP contribution in [0.5, 0.6) is 0 Å². The van der Waals surface area contributed by atoms with Gasteiger partial charge in [0.25, 0.3) is 0 Å². The van der Waals surface area contributed by atoms with E-state index in [9.17, 15) is 13.2 Å². The van der Waals surface area contributed by atoms with Crippen LogP contribution in [0.25, 0.3) is 10.9 Å². The van der Waals surface area contributed by atoms with Gasteiger partial charge >= 0.3 is 5.97 Å². The van der Waals surface area contributed by atoms with Gasteiger partial charge in [-0.1, -0.05) is 6.07 Å². The normalized spacial score (nSPS) is 11.4. The Hall–Kier alpha value is -1.99. The van der Waals surface area contributed by atoms with Gasteiger partial charge in [0, 0.05) is 11.6 Å². The van der Waals surface area contributed by atoms with E-state index in [4.69, 9.17) is 5.14 Å². The minimum Gasteiger partial charge on any atom is -0.465 e. The third-order valence-corrected chi connectivity index (χ3v) is 3.32. The molecule has 0 bridgehead atoms. The zero-order chi connectivity index (χ0) is 13.3. The van der Waals surface area contributed by atoms with Crippen LogP contribution >= 0.6 is 0 Å². The third-order valence-electron chi connectivity index (χ3n) is 2.40. The molecule has 0 spiro atoms. The van der Waals surface area contributed by atoms with Crippen LogP contribution in [0.2, 0.25) is 0 Å². The summed E-state index contributed by atoms with van der Waals surface area (Å²) in [5.74, 6) is -0.634. The maximum Gasteiger partial charge on any atom is 0.337 e. The second kappa shape index (κ2) is 4.35. The molecule has 0 radical (unpaired) electrons. The highest BCUT2D eigenvalue weighted by atomic mass is 32.2. The summed E-state index contributed by atoms with van der Waals surface area (Å²) < 4.78 is 27.5. The van der Waals surface area contributed by atoms with Crippen molar-refractivity contribution in [1.29, 1.82) is 0 Å². The van der Waals surface area contributed by atoms with E-state index in [1.54, 1.807) is 12.1 Å². The molecule has 18 heavy (non-hydrogen) atoms.